The molecule has 0 saturated heterocycles. The average molecular weight is 268 g/mol. The first-order chi connectivity index (χ1) is 9.03. The molecule has 106 valence electrons. The summed E-state index contributed by atoms with van der Waals surface area (Å²) in [5.74, 6) is -1.12. The molecule has 1 aromatic heterocycles. The number of nitrogens with zero attached hydrogens (tertiary/aromatic N) is 2. The molecule has 0 aliphatic carbocycles. The summed E-state index contributed by atoms with van der Waals surface area (Å²) >= 11 is 0. The number of hydrogen-bond acceptors (Lipinski definition) is 4. The van der Waals surface area contributed by atoms with Crippen molar-refractivity contribution < 1.29 is 19.2 Å². The van der Waals surface area contributed by atoms with Crippen molar-refractivity contribution in [3.63, 3.8) is 0 Å². The van der Waals surface area contributed by atoms with Crippen LogP contribution in [0.4, 0.5) is 0 Å². The zero-order chi connectivity index (χ0) is 14.4. The van der Waals surface area contributed by atoms with Crippen molar-refractivity contribution in [1.29, 1.82) is 0 Å². The number of aromatic nitrogens is 1. The first kappa shape index (κ1) is 15.2. The first-order valence-electron chi connectivity index (χ1n) is 6.51. The van der Waals surface area contributed by atoms with Gasteiger partial charge in [-0.2, -0.15) is 0 Å². The molecule has 0 fully saturated rings. The molecule has 6 heteroatoms. The van der Waals surface area contributed by atoms with Crippen LogP contribution in [0.2, 0.25) is 0 Å². The van der Waals surface area contributed by atoms with Crippen LogP contribution in [0.25, 0.3) is 0 Å². The maximum Gasteiger partial charge on any atom is 0.323 e. The molecule has 0 aromatic carbocycles. The molecule has 0 unspecified atom stereocenters. The molecule has 1 heterocycles. The van der Waals surface area contributed by atoms with Crippen LogP contribution in [0.3, 0.4) is 0 Å². The number of rotatable bonds is 7. The van der Waals surface area contributed by atoms with Crippen LogP contribution in [0, 0.1) is 0 Å². The summed E-state index contributed by atoms with van der Waals surface area (Å²) in [6.07, 6.45) is 1.84. The minimum Gasteiger partial charge on any atom is -0.480 e. The van der Waals surface area contributed by atoms with Crippen LogP contribution >= 0.6 is 0 Å². The van der Waals surface area contributed by atoms with Crippen molar-refractivity contribution in [3.05, 3.63) is 17.5 Å². The average Bonchev–Trinajstić information content (AvgIpc) is 2.86. The molecule has 0 atom stereocenters. The van der Waals surface area contributed by atoms with Gasteiger partial charge in [-0.3, -0.25) is 9.59 Å². The summed E-state index contributed by atoms with van der Waals surface area (Å²) in [6, 6.07) is 1.62. The normalized spacial score (nSPS) is 10.7. The Bertz CT molecular complexity index is 438. The second kappa shape index (κ2) is 6.92. The van der Waals surface area contributed by atoms with Gasteiger partial charge < -0.3 is 14.5 Å². The Morgan fingerprint density at radius 1 is 1.37 bits per heavy atom. The van der Waals surface area contributed by atoms with Crippen LogP contribution in [-0.2, 0) is 4.79 Å². The van der Waals surface area contributed by atoms with Gasteiger partial charge in [0.1, 0.15) is 6.54 Å². The molecular formula is C13H20N2O4. The van der Waals surface area contributed by atoms with E-state index in [1.807, 2.05) is 13.8 Å². The van der Waals surface area contributed by atoms with Crippen LogP contribution in [0.1, 0.15) is 55.8 Å². The van der Waals surface area contributed by atoms with Crippen LogP contribution in [-0.4, -0.2) is 40.1 Å². The highest BCUT2D eigenvalue weighted by Crippen LogP contribution is 2.22. The van der Waals surface area contributed by atoms with E-state index in [9.17, 15) is 9.59 Å². The largest absolute Gasteiger partial charge is 0.480 e. The van der Waals surface area contributed by atoms with E-state index in [1.165, 1.54) is 4.90 Å². The second-order valence-electron chi connectivity index (χ2n) is 4.34. The molecule has 1 aromatic rings. The minimum absolute atomic E-state index is 0.102. The Morgan fingerprint density at radius 2 is 2.00 bits per heavy atom. The standard InChI is InChI=1S/C13H20N2O4/c1-4-9(5-2)10-7-11(19-14-10)13(18)15(6-3)8-12(16)17/h7,9H,4-6,8H2,1-3H3,(H,16,17). The summed E-state index contributed by atoms with van der Waals surface area (Å²) in [7, 11) is 0. The summed E-state index contributed by atoms with van der Waals surface area (Å²) in [4.78, 5) is 23.9. The fourth-order valence-corrected chi connectivity index (χ4v) is 1.94. The molecule has 1 rings (SSSR count). The number of aliphatic carboxylic acids is 1. The molecule has 0 radical (unpaired) electrons. The summed E-state index contributed by atoms with van der Waals surface area (Å²) in [6.45, 7) is 5.79. The number of carboxylic acid groups (broad SMARTS) is 1. The van der Waals surface area contributed by atoms with Crippen LogP contribution < -0.4 is 0 Å². The van der Waals surface area contributed by atoms with Crippen molar-refractivity contribution in [2.45, 2.75) is 39.5 Å². The zero-order valence-corrected chi connectivity index (χ0v) is 11.5. The molecular weight excluding hydrogens is 248 g/mol. The molecule has 0 spiro atoms. The SMILES string of the molecule is CCC(CC)c1cc(C(=O)N(CC)CC(=O)O)on1. The quantitative estimate of drug-likeness (QED) is 0.819. The van der Waals surface area contributed by atoms with E-state index in [-0.39, 0.29) is 18.2 Å². The van der Waals surface area contributed by atoms with E-state index in [2.05, 4.69) is 5.16 Å². The summed E-state index contributed by atoms with van der Waals surface area (Å²) < 4.78 is 5.04. The number of likely N-dealkylation sites (N-methyl/N-ethyl adjacent to an activating group) is 1. The van der Waals surface area contributed by atoms with Gasteiger partial charge in [-0.15, -0.1) is 0 Å². The highest BCUT2D eigenvalue weighted by molar-refractivity contribution is 5.93. The number of carbonyl (C=O) groups excluding carboxylic acids is 1. The second-order valence-corrected chi connectivity index (χ2v) is 4.34. The molecule has 1 amide bonds. The van der Waals surface area contributed by atoms with Crippen LogP contribution in [0.5, 0.6) is 0 Å². The van der Waals surface area contributed by atoms with Gasteiger partial charge in [-0.05, 0) is 19.8 Å². The van der Waals surface area contributed by atoms with Crippen molar-refractivity contribution in [2.75, 3.05) is 13.1 Å². The Morgan fingerprint density at radius 3 is 2.47 bits per heavy atom. The predicted octanol–water partition coefficient (Wildman–Crippen LogP) is 2.12. The number of carbonyl (C=O) groups is 2. The van der Waals surface area contributed by atoms with E-state index in [4.69, 9.17) is 9.63 Å². The van der Waals surface area contributed by atoms with Gasteiger partial charge in [0.2, 0.25) is 5.76 Å². The van der Waals surface area contributed by atoms with E-state index < -0.39 is 11.9 Å². The third-order valence-corrected chi connectivity index (χ3v) is 3.14. The third kappa shape index (κ3) is 3.81. The smallest absolute Gasteiger partial charge is 0.323 e. The summed E-state index contributed by atoms with van der Waals surface area (Å²) in [5, 5.41) is 12.6. The fourth-order valence-electron chi connectivity index (χ4n) is 1.94. The van der Waals surface area contributed by atoms with E-state index >= 15 is 0 Å². The van der Waals surface area contributed by atoms with Gasteiger partial charge in [-0.1, -0.05) is 19.0 Å². The van der Waals surface area contributed by atoms with E-state index in [0.717, 1.165) is 18.5 Å². The van der Waals surface area contributed by atoms with Crippen LogP contribution in [0.15, 0.2) is 10.6 Å². The Hall–Kier alpha value is -1.85. The van der Waals surface area contributed by atoms with Gasteiger partial charge in [-0.25, -0.2) is 0 Å². The molecule has 1 N–H and O–H groups in total. The maximum absolute atomic E-state index is 12.1. The predicted molar refractivity (Wildman–Crippen MR) is 69.0 cm³/mol. The lowest BCUT2D eigenvalue weighted by atomic mass is 9.99. The highest BCUT2D eigenvalue weighted by Gasteiger charge is 2.22. The zero-order valence-electron chi connectivity index (χ0n) is 11.5. The van der Waals surface area contributed by atoms with Gasteiger partial charge >= 0.3 is 5.97 Å². The monoisotopic (exact) mass is 268 g/mol. The fraction of sp³-hybridized carbons (Fsp3) is 0.615. The van der Waals surface area contributed by atoms with E-state index in [0.29, 0.717) is 6.54 Å². The molecule has 19 heavy (non-hydrogen) atoms. The topological polar surface area (TPSA) is 83.6 Å². The number of amides is 1. The summed E-state index contributed by atoms with van der Waals surface area (Å²) in [5.41, 5.74) is 0.750. The molecule has 6 nitrogen and oxygen atoms in total. The third-order valence-electron chi connectivity index (χ3n) is 3.14. The lowest BCUT2D eigenvalue weighted by Gasteiger charge is -2.16. The van der Waals surface area contributed by atoms with Crippen molar-refractivity contribution in [3.8, 4) is 0 Å². The van der Waals surface area contributed by atoms with Crippen molar-refractivity contribution in [1.82, 2.24) is 10.1 Å². The van der Waals surface area contributed by atoms with E-state index in [1.54, 1.807) is 13.0 Å². The molecule has 0 aliphatic heterocycles. The Labute approximate surface area is 112 Å². The highest BCUT2D eigenvalue weighted by atomic mass is 16.5. The van der Waals surface area contributed by atoms with Crippen molar-refractivity contribution in [2.24, 2.45) is 0 Å². The number of carboxylic acids is 1. The number of hydrogen-bond donors (Lipinski definition) is 1. The molecule has 0 aliphatic rings. The lowest BCUT2D eigenvalue weighted by molar-refractivity contribution is -0.137. The maximum atomic E-state index is 12.1. The molecule has 0 saturated carbocycles. The van der Waals surface area contributed by atoms with Crippen molar-refractivity contribution >= 4 is 11.9 Å². The lowest BCUT2D eigenvalue weighted by Crippen LogP contribution is -2.35. The van der Waals surface area contributed by atoms with Gasteiger partial charge in [0.15, 0.2) is 0 Å². The van der Waals surface area contributed by atoms with Gasteiger partial charge in [0.05, 0.1) is 5.69 Å². The Balaban J connectivity index is 2.85. The van der Waals surface area contributed by atoms with Gasteiger partial charge in [0.25, 0.3) is 5.91 Å². The molecule has 0 bridgehead atoms. The minimum atomic E-state index is -1.05. The Kier molecular flexibility index (Phi) is 5.54. The first-order valence-corrected chi connectivity index (χ1v) is 6.51. The van der Waals surface area contributed by atoms with Gasteiger partial charge in [0, 0.05) is 18.5 Å².